The summed E-state index contributed by atoms with van der Waals surface area (Å²) in [5.74, 6) is -0.262. The number of nitro groups is 1. The highest BCUT2D eigenvalue weighted by molar-refractivity contribution is 9.10. The summed E-state index contributed by atoms with van der Waals surface area (Å²) in [6.07, 6.45) is 0. The number of amides is 1. The van der Waals surface area contributed by atoms with Crippen molar-refractivity contribution in [3.05, 3.63) is 98.0 Å². The average Bonchev–Trinajstić information content (AvgIpc) is 3.17. The molecule has 0 fully saturated rings. The zero-order valence-corrected chi connectivity index (χ0v) is 19.7. The first kappa shape index (κ1) is 21.9. The Morgan fingerprint density at radius 3 is 2.47 bits per heavy atom. The normalized spacial score (nSPS) is 10.7. The van der Waals surface area contributed by atoms with Gasteiger partial charge < -0.3 is 0 Å². The summed E-state index contributed by atoms with van der Waals surface area (Å²) in [6, 6.07) is 19.6. The lowest BCUT2D eigenvalue weighted by Crippen LogP contribution is -2.11. The number of benzene rings is 3. The maximum atomic E-state index is 12.8. The van der Waals surface area contributed by atoms with Gasteiger partial charge in [0.2, 0.25) is 0 Å². The third kappa shape index (κ3) is 4.61. The van der Waals surface area contributed by atoms with Crippen LogP contribution < -0.4 is 5.32 Å². The van der Waals surface area contributed by atoms with Crippen molar-refractivity contribution in [1.82, 2.24) is 4.98 Å². The van der Waals surface area contributed by atoms with Crippen LogP contribution in [0.3, 0.4) is 0 Å². The number of aryl methyl sites for hydroxylation is 2. The van der Waals surface area contributed by atoms with E-state index in [9.17, 15) is 14.9 Å². The van der Waals surface area contributed by atoms with Crippen molar-refractivity contribution in [3.8, 4) is 21.7 Å². The van der Waals surface area contributed by atoms with E-state index < -0.39 is 4.92 Å². The Morgan fingerprint density at radius 1 is 1.06 bits per heavy atom. The molecule has 3 aromatic carbocycles. The maximum Gasteiger partial charge on any atom is 0.269 e. The molecule has 0 saturated heterocycles. The number of carbonyl (C=O) groups excluding carboxylic acids is 1. The first-order chi connectivity index (χ1) is 15.3. The van der Waals surface area contributed by atoms with E-state index in [0.29, 0.717) is 16.4 Å². The number of hydrogen-bond acceptors (Lipinski definition) is 5. The zero-order valence-electron chi connectivity index (χ0n) is 17.3. The summed E-state index contributed by atoms with van der Waals surface area (Å²) < 4.78 is 0.812. The van der Waals surface area contributed by atoms with Crippen molar-refractivity contribution in [2.45, 2.75) is 13.8 Å². The highest BCUT2D eigenvalue weighted by Gasteiger charge is 2.19. The molecule has 0 atom stereocenters. The molecule has 32 heavy (non-hydrogen) atoms. The summed E-state index contributed by atoms with van der Waals surface area (Å²) in [5.41, 5.74) is 5.17. The van der Waals surface area contributed by atoms with Crippen LogP contribution in [0.25, 0.3) is 21.7 Å². The predicted octanol–water partition coefficient (Wildman–Crippen LogP) is 7.02. The van der Waals surface area contributed by atoms with Crippen molar-refractivity contribution >= 4 is 44.0 Å². The molecule has 4 rings (SSSR count). The van der Waals surface area contributed by atoms with E-state index in [1.807, 2.05) is 32.0 Å². The van der Waals surface area contributed by atoms with Crippen molar-refractivity contribution in [2.75, 3.05) is 5.32 Å². The summed E-state index contributed by atoms with van der Waals surface area (Å²) >= 11 is 4.76. The predicted molar refractivity (Wildman–Crippen MR) is 131 cm³/mol. The SMILES string of the molecule is Cc1ccc(-c2sc(NC(=O)c3cccc(Br)c3)nc2-c2ccc([N+](=O)[O-])cc2)c(C)c1. The highest BCUT2D eigenvalue weighted by Crippen LogP contribution is 2.41. The monoisotopic (exact) mass is 507 g/mol. The molecule has 0 unspecified atom stereocenters. The largest absolute Gasteiger partial charge is 0.298 e. The van der Waals surface area contributed by atoms with Crippen LogP contribution >= 0.6 is 27.3 Å². The number of nitrogens with one attached hydrogen (secondary N) is 1. The van der Waals surface area contributed by atoms with E-state index in [2.05, 4.69) is 32.3 Å². The Hall–Kier alpha value is -3.36. The molecular weight excluding hydrogens is 490 g/mol. The third-order valence-electron chi connectivity index (χ3n) is 4.91. The fourth-order valence-corrected chi connectivity index (χ4v) is 4.83. The van der Waals surface area contributed by atoms with Crippen LogP contribution in [-0.2, 0) is 0 Å². The molecule has 0 bridgehead atoms. The number of non-ortho nitro benzene ring substituents is 1. The number of thiazole rings is 1. The lowest BCUT2D eigenvalue weighted by molar-refractivity contribution is -0.384. The standard InChI is InChI=1S/C24H18BrN3O3S/c1-14-6-11-20(15(2)12-14)22-21(16-7-9-19(10-8-16)28(30)31)26-24(32-22)27-23(29)17-4-3-5-18(25)13-17/h3-13H,1-2H3,(H,26,27,29). The molecule has 0 radical (unpaired) electrons. The van der Waals surface area contributed by atoms with Crippen LogP contribution in [0.15, 0.2) is 71.2 Å². The van der Waals surface area contributed by atoms with E-state index in [-0.39, 0.29) is 11.6 Å². The van der Waals surface area contributed by atoms with Gasteiger partial charge in [-0.15, -0.1) is 0 Å². The van der Waals surface area contributed by atoms with Gasteiger partial charge in [-0.1, -0.05) is 57.1 Å². The lowest BCUT2D eigenvalue weighted by atomic mass is 10.0. The van der Waals surface area contributed by atoms with Gasteiger partial charge in [-0.2, -0.15) is 0 Å². The Morgan fingerprint density at radius 2 is 1.81 bits per heavy atom. The van der Waals surface area contributed by atoms with Gasteiger partial charge in [-0.3, -0.25) is 20.2 Å². The Kier molecular flexibility index (Phi) is 6.16. The molecule has 1 N–H and O–H groups in total. The minimum absolute atomic E-state index is 0.0141. The van der Waals surface area contributed by atoms with Gasteiger partial charge in [0.25, 0.3) is 11.6 Å². The van der Waals surface area contributed by atoms with Gasteiger partial charge in [0.15, 0.2) is 5.13 Å². The second-order valence-electron chi connectivity index (χ2n) is 7.28. The molecule has 8 heteroatoms. The van der Waals surface area contributed by atoms with Gasteiger partial charge >= 0.3 is 0 Å². The molecule has 1 heterocycles. The topological polar surface area (TPSA) is 85.1 Å². The van der Waals surface area contributed by atoms with Crippen LogP contribution in [0, 0.1) is 24.0 Å². The summed E-state index contributed by atoms with van der Waals surface area (Å²) in [7, 11) is 0. The quantitative estimate of drug-likeness (QED) is 0.232. The van der Waals surface area contributed by atoms with Gasteiger partial charge in [-0.05, 0) is 55.3 Å². The van der Waals surface area contributed by atoms with Crippen LogP contribution in [0.2, 0.25) is 0 Å². The van der Waals surface area contributed by atoms with Crippen LogP contribution in [-0.4, -0.2) is 15.8 Å². The summed E-state index contributed by atoms with van der Waals surface area (Å²) in [4.78, 5) is 28.9. The number of nitro benzene ring substituents is 1. The van der Waals surface area contributed by atoms with Gasteiger partial charge in [0.1, 0.15) is 0 Å². The Balaban J connectivity index is 1.77. The number of rotatable bonds is 5. The van der Waals surface area contributed by atoms with E-state index >= 15 is 0 Å². The molecule has 0 aliphatic heterocycles. The number of carbonyl (C=O) groups is 1. The minimum atomic E-state index is -0.431. The first-order valence-corrected chi connectivity index (χ1v) is 11.3. The smallest absolute Gasteiger partial charge is 0.269 e. The summed E-state index contributed by atoms with van der Waals surface area (Å²) in [5, 5.41) is 14.4. The molecule has 4 aromatic rings. The first-order valence-electron chi connectivity index (χ1n) is 9.72. The number of nitrogens with zero attached hydrogens (tertiary/aromatic N) is 2. The van der Waals surface area contributed by atoms with E-state index in [1.165, 1.54) is 23.5 Å². The molecule has 0 saturated carbocycles. The van der Waals surface area contributed by atoms with E-state index in [0.717, 1.165) is 31.6 Å². The fraction of sp³-hybridized carbons (Fsp3) is 0.0833. The number of aromatic nitrogens is 1. The molecule has 160 valence electrons. The van der Waals surface area contributed by atoms with Crippen LogP contribution in [0.4, 0.5) is 10.8 Å². The van der Waals surface area contributed by atoms with Gasteiger partial charge in [0, 0.05) is 27.7 Å². The van der Waals surface area contributed by atoms with E-state index in [4.69, 9.17) is 0 Å². The molecule has 0 aliphatic carbocycles. The fourth-order valence-electron chi connectivity index (χ4n) is 3.36. The molecule has 0 aliphatic rings. The minimum Gasteiger partial charge on any atom is -0.298 e. The highest BCUT2D eigenvalue weighted by atomic mass is 79.9. The van der Waals surface area contributed by atoms with Crippen LogP contribution in [0.5, 0.6) is 0 Å². The van der Waals surface area contributed by atoms with Crippen LogP contribution in [0.1, 0.15) is 21.5 Å². The maximum absolute atomic E-state index is 12.8. The molecule has 1 aromatic heterocycles. The zero-order chi connectivity index (χ0) is 22.8. The average molecular weight is 508 g/mol. The van der Waals surface area contributed by atoms with Crippen molar-refractivity contribution in [3.63, 3.8) is 0 Å². The van der Waals surface area contributed by atoms with Gasteiger partial charge in [0.05, 0.1) is 15.5 Å². The Bertz CT molecular complexity index is 1330. The van der Waals surface area contributed by atoms with Gasteiger partial charge in [-0.25, -0.2) is 4.98 Å². The van der Waals surface area contributed by atoms with E-state index in [1.54, 1.807) is 30.3 Å². The van der Waals surface area contributed by atoms with Crippen molar-refractivity contribution in [1.29, 1.82) is 0 Å². The lowest BCUT2D eigenvalue weighted by Gasteiger charge is -2.07. The summed E-state index contributed by atoms with van der Waals surface area (Å²) in [6.45, 7) is 4.06. The third-order valence-corrected chi connectivity index (χ3v) is 6.41. The van der Waals surface area contributed by atoms with Crippen molar-refractivity contribution < 1.29 is 9.72 Å². The van der Waals surface area contributed by atoms with Crippen molar-refractivity contribution in [2.24, 2.45) is 0 Å². The second kappa shape index (κ2) is 9.02. The molecule has 0 spiro atoms. The number of halogens is 1. The molecule has 1 amide bonds. The molecular formula is C24H18BrN3O3S. The number of anilines is 1. The molecule has 6 nitrogen and oxygen atoms in total. The second-order valence-corrected chi connectivity index (χ2v) is 9.20. The Labute approximate surface area is 197 Å². The number of hydrogen-bond donors (Lipinski definition) is 1.